The molecule has 1 amide bonds. The van der Waals surface area contributed by atoms with Gasteiger partial charge in [0.2, 0.25) is 6.41 Å². The molecule has 1 aliphatic rings. The summed E-state index contributed by atoms with van der Waals surface area (Å²) in [4.78, 5) is 25.9. The Balaban J connectivity index is 0.00000163. The molecule has 1 fully saturated rings. The van der Waals surface area contributed by atoms with E-state index < -0.39 is 5.97 Å². The molecule has 0 radical (unpaired) electrons. The number of rotatable bonds is 7. The molecule has 6 nitrogen and oxygen atoms in total. The van der Waals surface area contributed by atoms with Gasteiger partial charge in [-0.2, -0.15) is 0 Å². The van der Waals surface area contributed by atoms with Gasteiger partial charge in [-0.25, -0.2) is 0 Å². The number of carbonyl (C=O) groups excluding carboxylic acids is 1. The molecular formula is C20H32N2O4. The van der Waals surface area contributed by atoms with E-state index in [-0.39, 0.29) is 5.92 Å². The van der Waals surface area contributed by atoms with Crippen LogP contribution in [0.3, 0.4) is 0 Å². The second-order valence-electron chi connectivity index (χ2n) is 6.51. The summed E-state index contributed by atoms with van der Waals surface area (Å²) < 4.78 is 5.31. The highest BCUT2D eigenvalue weighted by atomic mass is 16.5. The molecular weight excluding hydrogens is 332 g/mol. The van der Waals surface area contributed by atoms with Crippen LogP contribution >= 0.6 is 0 Å². The van der Waals surface area contributed by atoms with Crippen LogP contribution in [0, 0.1) is 11.8 Å². The zero-order chi connectivity index (χ0) is 19.7. The summed E-state index contributed by atoms with van der Waals surface area (Å²) in [6.07, 6.45) is 4.12. The Hall–Kier alpha value is -2.24. The number of hydrogen-bond donors (Lipinski definition) is 1. The lowest BCUT2D eigenvalue weighted by Crippen LogP contribution is -2.31. The first kappa shape index (κ1) is 21.8. The Morgan fingerprint density at radius 1 is 1.19 bits per heavy atom. The Morgan fingerprint density at radius 3 is 2.31 bits per heavy atom. The predicted octanol–water partition coefficient (Wildman–Crippen LogP) is 3.64. The van der Waals surface area contributed by atoms with Gasteiger partial charge in [0.1, 0.15) is 5.75 Å². The number of amides is 1. The van der Waals surface area contributed by atoms with Crippen molar-refractivity contribution in [2.45, 2.75) is 39.5 Å². The van der Waals surface area contributed by atoms with Gasteiger partial charge < -0.3 is 19.6 Å². The Morgan fingerprint density at radius 2 is 1.81 bits per heavy atom. The number of carboxylic acids is 1. The SMILES string of the molecule is CC.COc1ccc(N(C)C=O)c(N(C)CC2CCC(C(=O)O)CC2)c1. The summed E-state index contributed by atoms with van der Waals surface area (Å²) >= 11 is 0. The number of carbonyl (C=O) groups is 2. The molecule has 0 spiro atoms. The summed E-state index contributed by atoms with van der Waals surface area (Å²) in [6, 6.07) is 5.64. The smallest absolute Gasteiger partial charge is 0.306 e. The van der Waals surface area contributed by atoms with E-state index in [1.54, 1.807) is 19.1 Å². The van der Waals surface area contributed by atoms with Crippen molar-refractivity contribution in [3.05, 3.63) is 18.2 Å². The van der Waals surface area contributed by atoms with Crippen molar-refractivity contribution in [2.75, 3.05) is 37.5 Å². The van der Waals surface area contributed by atoms with Crippen LogP contribution in [0.1, 0.15) is 39.5 Å². The van der Waals surface area contributed by atoms with Gasteiger partial charge in [0.25, 0.3) is 0 Å². The topological polar surface area (TPSA) is 70.1 Å². The number of aliphatic carboxylic acids is 1. The summed E-state index contributed by atoms with van der Waals surface area (Å²) in [5.74, 6) is 0.338. The van der Waals surface area contributed by atoms with Crippen LogP contribution in [0.2, 0.25) is 0 Å². The van der Waals surface area contributed by atoms with Crippen LogP contribution in [-0.2, 0) is 9.59 Å². The van der Waals surface area contributed by atoms with E-state index >= 15 is 0 Å². The van der Waals surface area contributed by atoms with Crippen LogP contribution < -0.4 is 14.5 Å². The average Bonchev–Trinajstić information content (AvgIpc) is 2.68. The lowest BCUT2D eigenvalue weighted by Gasteiger charge is -2.32. The maximum Gasteiger partial charge on any atom is 0.306 e. The number of benzene rings is 1. The van der Waals surface area contributed by atoms with Crippen molar-refractivity contribution in [3.8, 4) is 5.75 Å². The van der Waals surface area contributed by atoms with Gasteiger partial charge in [-0.1, -0.05) is 13.8 Å². The van der Waals surface area contributed by atoms with Crippen LogP contribution in [0.25, 0.3) is 0 Å². The van der Waals surface area contributed by atoms with Gasteiger partial charge in [0.15, 0.2) is 0 Å². The molecule has 1 N–H and O–H groups in total. The highest BCUT2D eigenvalue weighted by Crippen LogP contribution is 2.35. The molecule has 0 aliphatic heterocycles. The summed E-state index contributed by atoms with van der Waals surface area (Å²) in [5, 5.41) is 9.10. The van der Waals surface area contributed by atoms with E-state index in [0.717, 1.165) is 55.8 Å². The first-order valence-corrected chi connectivity index (χ1v) is 9.26. The van der Waals surface area contributed by atoms with E-state index in [4.69, 9.17) is 9.84 Å². The molecule has 2 rings (SSSR count). The van der Waals surface area contributed by atoms with Crippen molar-refractivity contribution in [1.82, 2.24) is 0 Å². The highest BCUT2D eigenvalue weighted by Gasteiger charge is 2.27. The first-order valence-electron chi connectivity index (χ1n) is 9.26. The molecule has 0 heterocycles. The average molecular weight is 364 g/mol. The lowest BCUT2D eigenvalue weighted by molar-refractivity contribution is -0.143. The molecule has 146 valence electrons. The number of ether oxygens (including phenoxy) is 1. The van der Waals surface area contributed by atoms with E-state index in [9.17, 15) is 9.59 Å². The fourth-order valence-electron chi connectivity index (χ4n) is 3.37. The van der Waals surface area contributed by atoms with Gasteiger partial charge in [0.05, 0.1) is 24.4 Å². The van der Waals surface area contributed by atoms with Gasteiger partial charge in [0, 0.05) is 26.7 Å². The predicted molar refractivity (Wildman–Crippen MR) is 105 cm³/mol. The minimum Gasteiger partial charge on any atom is -0.497 e. The molecule has 0 unspecified atom stereocenters. The minimum atomic E-state index is -0.676. The van der Waals surface area contributed by atoms with Gasteiger partial charge >= 0.3 is 5.97 Å². The van der Waals surface area contributed by atoms with Gasteiger partial charge in [-0.15, -0.1) is 0 Å². The molecule has 0 bridgehead atoms. The van der Waals surface area contributed by atoms with Crippen molar-refractivity contribution < 1.29 is 19.4 Å². The van der Waals surface area contributed by atoms with Crippen molar-refractivity contribution in [3.63, 3.8) is 0 Å². The van der Waals surface area contributed by atoms with Crippen LogP contribution in [0.4, 0.5) is 11.4 Å². The first-order chi connectivity index (χ1) is 12.5. The number of anilines is 2. The van der Waals surface area contributed by atoms with E-state index in [0.29, 0.717) is 5.92 Å². The van der Waals surface area contributed by atoms with Crippen LogP contribution in [0.15, 0.2) is 18.2 Å². The number of carboxylic acid groups (broad SMARTS) is 1. The molecule has 26 heavy (non-hydrogen) atoms. The molecule has 1 aliphatic carbocycles. The van der Waals surface area contributed by atoms with Crippen molar-refractivity contribution >= 4 is 23.8 Å². The monoisotopic (exact) mass is 364 g/mol. The van der Waals surface area contributed by atoms with E-state index in [2.05, 4.69) is 4.90 Å². The maximum absolute atomic E-state index is 11.1. The fraction of sp³-hybridized carbons (Fsp3) is 0.600. The normalized spacial score (nSPS) is 19.0. The molecule has 1 aromatic carbocycles. The standard InChI is InChI=1S/C18H26N2O4.C2H6/c1-19(11-13-4-6-14(7-5-13)18(22)23)17-10-15(24-3)8-9-16(17)20(2)12-21;1-2/h8-10,12-14H,4-7,11H2,1-3H3,(H,22,23);1-2H3. The minimum absolute atomic E-state index is 0.194. The summed E-state index contributed by atoms with van der Waals surface area (Å²) in [7, 11) is 5.35. The number of methoxy groups -OCH3 is 1. The molecule has 6 heteroatoms. The second-order valence-corrected chi connectivity index (χ2v) is 6.51. The Kier molecular flexibility index (Phi) is 8.96. The van der Waals surface area contributed by atoms with Crippen molar-refractivity contribution in [2.24, 2.45) is 11.8 Å². The number of nitrogens with zero attached hydrogens (tertiary/aromatic N) is 2. The zero-order valence-corrected chi connectivity index (χ0v) is 16.6. The van der Waals surface area contributed by atoms with Gasteiger partial charge in [-0.3, -0.25) is 9.59 Å². The third kappa shape index (κ3) is 5.64. The second kappa shape index (κ2) is 10.7. The molecule has 1 aromatic rings. The quantitative estimate of drug-likeness (QED) is 0.748. The lowest BCUT2D eigenvalue weighted by atomic mass is 9.82. The fourth-order valence-corrected chi connectivity index (χ4v) is 3.37. The van der Waals surface area contributed by atoms with Crippen molar-refractivity contribution in [1.29, 1.82) is 0 Å². The molecule has 0 saturated heterocycles. The molecule has 0 atom stereocenters. The summed E-state index contributed by atoms with van der Waals surface area (Å²) in [5.41, 5.74) is 1.76. The molecule has 0 aromatic heterocycles. The van der Waals surface area contributed by atoms with Gasteiger partial charge in [-0.05, 0) is 43.7 Å². The Labute approximate surface area is 156 Å². The number of hydrogen-bond acceptors (Lipinski definition) is 4. The largest absolute Gasteiger partial charge is 0.497 e. The maximum atomic E-state index is 11.1. The Bertz CT molecular complexity index is 583. The third-order valence-electron chi connectivity index (χ3n) is 4.86. The third-order valence-corrected chi connectivity index (χ3v) is 4.86. The zero-order valence-electron chi connectivity index (χ0n) is 16.6. The highest BCUT2D eigenvalue weighted by molar-refractivity contribution is 5.84. The molecule has 1 saturated carbocycles. The van der Waals surface area contributed by atoms with E-state index in [1.165, 1.54) is 0 Å². The van der Waals surface area contributed by atoms with Crippen LogP contribution in [0.5, 0.6) is 5.75 Å². The van der Waals surface area contributed by atoms with Crippen LogP contribution in [-0.4, -0.2) is 45.2 Å². The van der Waals surface area contributed by atoms with E-state index in [1.807, 2.05) is 39.1 Å². The summed E-state index contributed by atoms with van der Waals surface area (Å²) in [6.45, 7) is 4.83.